The molecule has 1 aliphatic heterocycles. The zero-order valence-electron chi connectivity index (χ0n) is 10.6. The van der Waals surface area contributed by atoms with E-state index < -0.39 is 5.92 Å². The Morgan fingerprint density at radius 2 is 2.05 bits per heavy atom. The number of hydrogen-bond acceptors (Lipinski definition) is 3. The SMILES string of the molecule is Br.C[C@@H]1CC(F)(F)CN[C@@H]1CCc1ncc(Cl)cn1. The first-order valence-corrected chi connectivity index (χ1v) is 6.42. The van der Waals surface area contributed by atoms with Crippen LogP contribution in [0.3, 0.4) is 0 Å². The summed E-state index contributed by atoms with van der Waals surface area (Å²) in [6.07, 6.45) is 4.49. The smallest absolute Gasteiger partial charge is 0.260 e. The third kappa shape index (κ3) is 4.93. The molecule has 0 saturated carbocycles. The average molecular weight is 357 g/mol. The van der Waals surface area contributed by atoms with E-state index in [1.807, 2.05) is 6.92 Å². The molecular formula is C12H17BrClF2N3. The second kappa shape index (κ2) is 6.90. The molecule has 0 aliphatic carbocycles. The number of nitrogens with zero attached hydrogens (tertiary/aromatic N) is 2. The second-order valence-electron chi connectivity index (χ2n) is 4.88. The van der Waals surface area contributed by atoms with E-state index in [0.717, 1.165) is 6.42 Å². The largest absolute Gasteiger partial charge is 0.308 e. The summed E-state index contributed by atoms with van der Waals surface area (Å²) in [5.41, 5.74) is 0. The van der Waals surface area contributed by atoms with Gasteiger partial charge in [0.2, 0.25) is 0 Å². The zero-order chi connectivity index (χ0) is 13.2. The number of piperidine rings is 1. The summed E-state index contributed by atoms with van der Waals surface area (Å²) >= 11 is 5.69. The van der Waals surface area contributed by atoms with E-state index in [4.69, 9.17) is 11.6 Å². The van der Waals surface area contributed by atoms with Crippen molar-refractivity contribution >= 4 is 28.6 Å². The van der Waals surface area contributed by atoms with Gasteiger partial charge in [0.15, 0.2) is 0 Å². The minimum atomic E-state index is -2.58. The second-order valence-corrected chi connectivity index (χ2v) is 5.32. The first-order chi connectivity index (χ1) is 8.46. The van der Waals surface area contributed by atoms with Crippen molar-refractivity contribution in [2.75, 3.05) is 6.54 Å². The van der Waals surface area contributed by atoms with Crippen LogP contribution in [0.1, 0.15) is 25.6 Å². The van der Waals surface area contributed by atoms with E-state index in [1.165, 1.54) is 0 Å². The number of nitrogens with one attached hydrogen (secondary N) is 1. The van der Waals surface area contributed by atoms with Crippen LogP contribution in [-0.2, 0) is 6.42 Å². The van der Waals surface area contributed by atoms with E-state index in [-0.39, 0.29) is 41.9 Å². The lowest BCUT2D eigenvalue weighted by atomic mass is 9.88. The molecular weight excluding hydrogens is 340 g/mol. The standard InChI is InChI=1S/C12H16ClF2N3.BrH/c1-8-4-12(14,15)7-18-10(8)2-3-11-16-5-9(13)6-17-11;/h5-6,8,10,18H,2-4,7H2,1H3;1H/t8-,10-;/m1./s1. The molecule has 108 valence electrons. The van der Waals surface area contributed by atoms with Crippen molar-refractivity contribution in [1.82, 2.24) is 15.3 Å². The molecule has 1 aromatic rings. The summed E-state index contributed by atoms with van der Waals surface area (Å²) in [4.78, 5) is 8.19. The van der Waals surface area contributed by atoms with Gasteiger partial charge < -0.3 is 5.32 Å². The molecule has 0 unspecified atom stereocenters. The average Bonchev–Trinajstić information content (AvgIpc) is 2.29. The molecule has 0 amide bonds. The third-order valence-electron chi connectivity index (χ3n) is 3.28. The zero-order valence-corrected chi connectivity index (χ0v) is 13.0. The van der Waals surface area contributed by atoms with Gasteiger partial charge in [0.05, 0.1) is 11.6 Å². The number of halogens is 4. The highest BCUT2D eigenvalue weighted by Crippen LogP contribution is 2.30. The molecule has 0 aromatic carbocycles. The lowest BCUT2D eigenvalue weighted by Crippen LogP contribution is -2.50. The topological polar surface area (TPSA) is 37.8 Å². The maximum absolute atomic E-state index is 13.1. The van der Waals surface area contributed by atoms with Crippen LogP contribution >= 0.6 is 28.6 Å². The molecule has 19 heavy (non-hydrogen) atoms. The number of alkyl halides is 2. The van der Waals surface area contributed by atoms with Crippen molar-refractivity contribution in [1.29, 1.82) is 0 Å². The van der Waals surface area contributed by atoms with Gasteiger partial charge in [-0.25, -0.2) is 18.7 Å². The molecule has 2 atom stereocenters. The van der Waals surface area contributed by atoms with Crippen molar-refractivity contribution < 1.29 is 8.78 Å². The van der Waals surface area contributed by atoms with Crippen molar-refractivity contribution in [2.24, 2.45) is 5.92 Å². The predicted octanol–water partition coefficient (Wildman–Crippen LogP) is 3.27. The number of aryl methyl sites for hydroxylation is 1. The summed E-state index contributed by atoms with van der Waals surface area (Å²) in [6, 6.07) is 0.101. The molecule has 1 fully saturated rings. The van der Waals surface area contributed by atoms with Gasteiger partial charge in [-0.15, -0.1) is 17.0 Å². The first-order valence-electron chi connectivity index (χ1n) is 6.04. The van der Waals surface area contributed by atoms with Gasteiger partial charge in [-0.05, 0) is 12.3 Å². The molecule has 0 bridgehead atoms. The minimum Gasteiger partial charge on any atom is -0.308 e. The molecule has 2 heterocycles. The van der Waals surface area contributed by atoms with Gasteiger partial charge in [0.1, 0.15) is 5.82 Å². The molecule has 7 heteroatoms. The molecule has 1 aromatic heterocycles. The summed E-state index contributed by atoms with van der Waals surface area (Å²) in [6.45, 7) is 1.62. The Labute approximate surface area is 126 Å². The Balaban J connectivity index is 0.00000180. The predicted molar refractivity (Wildman–Crippen MR) is 76.2 cm³/mol. The lowest BCUT2D eigenvalue weighted by molar-refractivity contribution is -0.0495. The first kappa shape index (κ1) is 16.7. The fourth-order valence-corrected chi connectivity index (χ4v) is 2.40. The molecule has 2 rings (SSSR count). The quantitative estimate of drug-likeness (QED) is 0.903. The van der Waals surface area contributed by atoms with Crippen LogP contribution in [0.5, 0.6) is 0 Å². The highest BCUT2D eigenvalue weighted by molar-refractivity contribution is 8.93. The van der Waals surface area contributed by atoms with E-state index in [9.17, 15) is 8.78 Å². The van der Waals surface area contributed by atoms with Crippen LogP contribution in [-0.4, -0.2) is 28.5 Å². The Morgan fingerprint density at radius 1 is 1.42 bits per heavy atom. The van der Waals surface area contributed by atoms with Gasteiger partial charge in [0.25, 0.3) is 5.92 Å². The summed E-state index contributed by atoms with van der Waals surface area (Å²) < 4.78 is 26.3. The van der Waals surface area contributed by atoms with Crippen molar-refractivity contribution in [3.8, 4) is 0 Å². The van der Waals surface area contributed by atoms with Crippen LogP contribution in [0.15, 0.2) is 12.4 Å². The van der Waals surface area contributed by atoms with E-state index in [0.29, 0.717) is 17.3 Å². The number of aromatic nitrogens is 2. The normalized spacial score (nSPS) is 25.7. The molecule has 1 aliphatic rings. The minimum absolute atomic E-state index is 0. The number of hydrogen-bond donors (Lipinski definition) is 1. The Bertz CT molecular complexity index is 402. The van der Waals surface area contributed by atoms with Gasteiger partial charge in [-0.1, -0.05) is 18.5 Å². The van der Waals surface area contributed by atoms with Crippen molar-refractivity contribution in [2.45, 2.75) is 38.2 Å². The van der Waals surface area contributed by atoms with Crippen LogP contribution in [0.25, 0.3) is 0 Å². The van der Waals surface area contributed by atoms with E-state index >= 15 is 0 Å². The molecule has 0 spiro atoms. The molecule has 0 radical (unpaired) electrons. The fourth-order valence-electron chi connectivity index (χ4n) is 2.31. The number of rotatable bonds is 3. The summed E-state index contributed by atoms with van der Waals surface area (Å²) in [7, 11) is 0. The molecule has 1 N–H and O–H groups in total. The Kier molecular flexibility index (Phi) is 6.08. The summed E-state index contributed by atoms with van der Waals surface area (Å²) in [5, 5.41) is 3.41. The summed E-state index contributed by atoms with van der Waals surface area (Å²) in [5.74, 6) is -1.92. The van der Waals surface area contributed by atoms with E-state index in [1.54, 1.807) is 12.4 Å². The fraction of sp³-hybridized carbons (Fsp3) is 0.667. The molecule has 1 saturated heterocycles. The van der Waals surface area contributed by atoms with Gasteiger partial charge >= 0.3 is 0 Å². The maximum Gasteiger partial charge on any atom is 0.260 e. The highest BCUT2D eigenvalue weighted by Gasteiger charge is 2.38. The van der Waals surface area contributed by atoms with Crippen molar-refractivity contribution in [3.63, 3.8) is 0 Å². The Morgan fingerprint density at radius 3 is 2.63 bits per heavy atom. The van der Waals surface area contributed by atoms with Crippen LogP contribution in [0.2, 0.25) is 5.02 Å². The van der Waals surface area contributed by atoms with Gasteiger partial charge in [-0.3, -0.25) is 0 Å². The van der Waals surface area contributed by atoms with Crippen molar-refractivity contribution in [3.05, 3.63) is 23.2 Å². The third-order valence-corrected chi connectivity index (χ3v) is 3.48. The maximum atomic E-state index is 13.1. The van der Waals surface area contributed by atoms with Crippen LogP contribution in [0.4, 0.5) is 8.78 Å². The monoisotopic (exact) mass is 355 g/mol. The van der Waals surface area contributed by atoms with Crippen LogP contribution in [0, 0.1) is 5.92 Å². The molecule has 3 nitrogen and oxygen atoms in total. The van der Waals surface area contributed by atoms with Gasteiger partial charge in [0, 0.05) is 31.3 Å². The lowest BCUT2D eigenvalue weighted by Gasteiger charge is -2.35. The Hall–Kier alpha value is -0.330. The van der Waals surface area contributed by atoms with E-state index in [2.05, 4.69) is 15.3 Å². The highest BCUT2D eigenvalue weighted by atomic mass is 79.9. The van der Waals surface area contributed by atoms with Gasteiger partial charge in [-0.2, -0.15) is 0 Å². The van der Waals surface area contributed by atoms with Crippen LogP contribution < -0.4 is 5.32 Å².